The van der Waals surface area contributed by atoms with Crippen LogP contribution in [0.25, 0.3) is 0 Å². The molecule has 0 aromatic heterocycles. The van der Waals surface area contributed by atoms with Crippen molar-refractivity contribution in [3.05, 3.63) is 35.9 Å². The number of carbonyl (C=O) groups is 1. The molecule has 2 heteroatoms. The number of hydrogen-bond acceptors (Lipinski definition) is 1. The van der Waals surface area contributed by atoms with Gasteiger partial charge in [-0.1, -0.05) is 32.0 Å². The molecule has 0 spiro atoms. The van der Waals surface area contributed by atoms with E-state index in [1.807, 2.05) is 13.8 Å². The molecule has 0 aliphatic rings. The van der Waals surface area contributed by atoms with Crippen molar-refractivity contribution in [3.8, 4) is 0 Å². The van der Waals surface area contributed by atoms with Crippen LogP contribution in [0.5, 0.6) is 0 Å². The Kier molecular flexibility index (Phi) is 4.99. The average Bonchev–Trinajstić information content (AvgIpc) is 2.10. The molecule has 0 heterocycles. The first-order chi connectivity index (χ1) is 5.30. The lowest BCUT2D eigenvalue weighted by molar-refractivity contribution is 0.0836. The van der Waals surface area contributed by atoms with Gasteiger partial charge in [-0.15, -0.1) is 0 Å². The summed E-state index contributed by atoms with van der Waals surface area (Å²) in [5.74, 6) is 0. The summed E-state index contributed by atoms with van der Waals surface area (Å²) in [7, 11) is 0. The maximum absolute atomic E-state index is 11.8. The molecule has 1 aromatic rings. The van der Waals surface area contributed by atoms with Gasteiger partial charge in [0.05, 0.1) is 5.56 Å². The SMILES string of the molecule is CC.O=C(F)c1ccccc1. The predicted octanol–water partition coefficient (Wildman–Crippen LogP) is 2.82. The monoisotopic (exact) mass is 154 g/mol. The minimum atomic E-state index is -1.38. The van der Waals surface area contributed by atoms with Crippen molar-refractivity contribution >= 4 is 6.04 Å². The molecule has 0 amide bonds. The molecule has 0 atom stereocenters. The van der Waals surface area contributed by atoms with E-state index in [2.05, 4.69) is 0 Å². The van der Waals surface area contributed by atoms with Gasteiger partial charge < -0.3 is 0 Å². The van der Waals surface area contributed by atoms with Crippen LogP contribution >= 0.6 is 0 Å². The zero-order chi connectivity index (χ0) is 8.69. The minimum Gasteiger partial charge on any atom is -0.255 e. The molecular formula is C9H11FO. The standard InChI is InChI=1S/C7H5FO.C2H6/c8-7(9)6-4-2-1-3-5-6;1-2/h1-5H;1-2H3. The molecule has 0 N–H and O–H groups in total. The molecule has 0 bridgehead atoms. The van der Waals surface area contributed by atoms with Crippen molar-refractivity contribution in [3.63, 3.8) is 0 Å². The van der Waals surface area contributed by atoms with Crippen molar-refractivity contribution < 1.29 is 9.18 Å². The summed E-state index contributed by atoms with van der Waals surface area (Å²) < 4.78 is 11.8. The van der Waals surface area contributed by atoms with Crippen LogP contribution in [0.1, 0.15) is 24.2 Å². The fraction of sp³-hybridized carbons (Fsp3) is 0.222. The highest BCUT2D eigenvalue weighted by atomic mass is 19.1. The lowest BCUT2D eigenvalue weighted by Gasteiger charge is -1.86. The Morgan fingerprint density at radius 3 is 1.91 bits per heavy atom. The third kappa shape index (κ3) is 3.50. The summed E-state index contributed by atoms with van der Waals surface area (Å²) in [6.45, 7) is 4.00. The van der Waals surface area contributed by atoms with Crippen LogP contribution in [0, 0.1) is 0 Å². The third-order valence-electron chi connectivity index (χ3n) is 1.00. The van der Waals surface area contributed by atoms with E-state index in [0.717, 1.165) is 0 Å². The Morgan fingerprint density at radius 1 is 1.18 bits per heavy atom. The predicted molar refractivity (Wildman–Crippen MR) is 43.2 cm³/mol. The maximum Gasteiger partial charge on any atom is 0.332 e. The molecule has 0 fully saturated rings. The molecule has 1 rings (SSSR count). The van der Waals surface area contributed by atoms with Gasteiger partial charge in [0, 0.05) is 0 Å². The number of hydrogen-bond donors (Lipinski definition) is 0. The molecule has 0 saturated heterocycles. The highest BCUT2D eigenvalue weighted by Gasteiger charge is 1.98. The fourth-order valence-electron chi connectivity index (χ4n) is 0.569. The summed E-state index contributed by atoms with van der Waals surface area (Å²) in [4.78, 5) is 9.98. The van der Waals surface area contributed by atoms with E-state index < -0.39 is 6.04 Å². The number of carbonyl (C=O) groups excluding carboxylic acids is 1. The van der Waals surface area contributed by atoms with Crippen LogP contribution < -0.4 is 0 Å². The Labute approximate surface area is 65.9 Å². The smallest absolute Gasteiger partial charge is 0.255 e. The van der Waals surface area contributed by atoms with Crippen LogP contribution in [-0.4, -0.2) is 6.04 Å². The topological polar surface area (TPSA) is 17.1 Å². The molecule has 0 radical (unpaired) electrons. The molecule has 0 unspecified atom stereocenters. The molecule has 11 heavy (non-hydrogen) atoms. The summed E-state index contributed by atoms with van der Waals surface area (Å²) in [6.07, 6.45) is 0. The second-order valence-electron chi connectivity index (χ2n) is 1.64. The Morgan fingerprint density at radius 2 is 1.64 bits per heavy atom. The van der Waals surface area contributed by atoms with E-state index in [1.165, 1.54) is 12.1 Å². The van der Waals surface area contributed by atoms with Gasteiger partial charge in [0.2, 0.25) is 0 Å². The third-order valence-corrected chi connectivity index (χ3v) is 1.00. The molecule has 60 valence electrons. The van der Waals surface area contributed by atoms with Gasteiger partial charge in [0.15, 0.2) is 0 Å². The fourth-order valence-corrected chi connectivity index (χ4v) is 0.569. The van der Waals surface area contributed by atoms with E-state index in [0.29, 0.717) is 0 Å². The molecule has 0 aliphatic carbocycles. The highest BCUT2D eigenvalue weighted by molar-refractivity contribution is 5.88. The van der Waals surface area contributed by atoms with Gasteiger partial charge in [-0.25, -0.2) is 0 Å². The van der Waals surface area contributed by atoms with Crippen LogP contribution in [0.4, 0.5) is 4.39 Å². The first-order valence-electron chi connectivity index (χ1n) is 3.55. The zero-order valence-electron chi connectivity index (χ0n) is 6.67. The van der Waals surface area contributed by atoms with E-state index in [9.17, 15) is 9.18 Å². The lowest BCUT2D eigenvalue weighted by atomic mass is 10.2. The first kappa shape index (κ1) is 9.82. The van der Waals surface area contributed by atoms with Gasteiger partial charge in [-0.05, 0) is 12.1 Å². The summed E-state index contributed by atoms with van der Waals surface area (Å²) in [5, 5.41) is 0. The van der Waals surface area contributed by atoms with E-state index >= 15 is 0 Å². The average molecular weight is 154 g/mol. The molecular weight excluding hydrogens is 143 g/mol. The largest absolute Gasteiger partial charge is 0.332 e. The van der Waals surface area contributed by atoms with Gasteiger partial charge in [0.1, 0.15) is 0 Å². The summed E-state index contributed by atoms with van der Waals surface area (Å²) >= 11 is 0. The van der Waals surface area contributed by atoms with Crippen molar-refractivity contribution in [2.75, 3.05) is 0 Å². The molecule has 0 saturated carbocycles. The second-order valence-corrected chi connectivity index (χ2v) is 1.64. The Hall–Kier alpha value is -1.18. The normalized spacial score (nSPS) is 7.91. The molecule has 1 nitrogen and oxygen atoms in total. The summed E-state index contributed by atoms with van der Waals surface area (Å²) in [6, 6.07) is 6.45. The maximum atomic E-state index is 11.8. The Balaban J connectivity index is 0.000000461. The number of rotatable bonds is 1. The number of benzene rings is 1. The highest BCUT2D eigenvalue weighted by Crippen LogP contribution is 1.98. The van der Waals surface area contributed by atoms with Crippen LogP contribution in [0.3, 0.4) is 0 Å². The van der Waals surface area contributed by atoms with Crippen LogP contribution in [-0.2, 0) is 0 Å². The van der Waals surface area contributed by atoms with E-state index in [4.69, 9.17) is 0 Å². The minimum absolute atomic E-state index is 0.109. The van der Waals surface area contributed by atoms with Crippen LogP contribution in [0.15, 0.2) is 30.3 Å². The second kappa shape index (κ2) is 5.59. The van der Waals surface area contributed by atoms with Gasteiger partial charge in [0.25, 0.3) is 0 Å². The molecule has 1 aromatic carbocycles. The van der Waals surface area contributed by atoms with Crippen molar-refractivity contribution in [2.45, 2.75) is 13.8 Å². The summed E-state index contributed by atoms with van der Waals surface area (Å²) in [5.41, 5.74) is 0.109. The van der Waals surface area contributed by atoms with Crippen molar-refractivity contribution in [1.29, 1.82) is 0 Å². The van der Waals surface area contributed by atoms with Gasteiger partial charge >= 0.3 is 6.04 Å². The zero-order valence-corrected chi connectivity index (χ0v) is 6.67. The number of halogens is 1. The van der Waals surface area contributed by atoms with E-state index in [1.54, 1.807) is 18.2 Å². The first-order valence-corrected chi connectivity index (χ1v) is 3.55. The van der Waals surface area contributed by atoms with E-state index in [-0.39, 0.29) is 5.56 Å². The Bertz CT molecular complexity index is 206. The quantitative estimate of drug-likeness (QED) is 0.568. The van der Waals surface area contributed by atoms with Gasteiger partial charge in [-0.3, -0.25) is 4.79 Å². The van der Waals surface area contributed by atoms with Crippen LogP contribution in [0.2, 0.25) is 0 Å². The van der Waals surface area contributed by atoms with Crippen molar-refractivity contribution in [1.82, 2.24) is 0 Å². The van der Waals surface area contributed by atoms with Gasteiger partial charge in [-0.2, -0.15) is 4.39 Å². The van der Waals surface area contributed by atoms with Crippen molar-refractivity contribution in [2.24, 2.45) is 0 Å². The lowest BCUT2D eigenvalue weighted by Crippen LogP contribution is -1.86. The molecule has 0 aliphatic heterocycles.